The van der Waals surface area contributed by atoms with Gasteiger partial charge in [0.05, 0.1) is 0 Å². The van der Waals surface area contributed by atoms with Gasteiger partial charge < -0.3 is 0 Å². The lowest BCUT2D eigenvalue weighted by molar-refractivity contribution is 0.0964. The number of fused-ring (bicyclic) bond motifs is 1. The molecule has 0 saturated carbocycles. The van der Waals surface area contributed by atoms with Crippen LogP contribution in [0, 0.1) is 6.92 Å². The molecule has 0 bridgehead atoms. The highest BCUT2D eigenvalue weighted by molar-refractivity contribution is 6.01. The third kappa shape index (κ3) is 1.70. The molecular weight excluding hydrogens is 224 g/mol. The van der Waals surface area contributed by atoms with Gasteiger partial charge in [-0.05, 0) is 37.3 Å². The van der Waals surface area contributed by atoms with Crippen molar-refractivity contribution in [1.29, 1.82) is 0 Å². The second-order valence-electron chi connectivity index (χ2n) is 4.22. The van der Waals surface area contributed by atoms with Crippen molar-refractivity contribution in [2.24, 2.45) is 0 Å². The molecule has 0 unspecified atom stereocenters. The molecule has 3 aromatic rings. The van der Waals surface area contributed by atoms with Gasteiger partial charge in [-0.15, -0.1) is 0 Å². The summed E-state index contributed by atoms with van der Waals surface area (Å²) in [6.07, 6.45) is 1.77. The van der Waals surface area contributed by atoms with Crippen LogP contribution in [0.25, 0.3) is 11.0 Å². The van der Waals surface area contributed by atoms with Crippen LogP contribution in [0.1, 0.15) is 16.1 Å². The van der Waals surface area contributed by atoms with Gasteiger partial charge in [-0.25, -0.2) is 4.98 Å². The zero-order valence-electron chi connectivity index (χ0n) is 10.00. The lowest BCUT2D eigenvalue weighted by Gasteiger charge is -2.03. The monoisotopic (exact) mass is 236 g/mol. The van der Waals surface area contributed by atoms with Crippen molar-refractivity contribution in [3.05, 3.63) is 66.0 Å². The molecule has 18 heavy (non-hydrogen) atoms. The van der Waals surface area contributed by atoms with Gasteiger partial charge in [0.25, 0.3) is 5.91 Å². The zero-order valence-corrected chi connectivity index (χ0v) is 10.00. The highest BCUT2D eigenvalue weighted by atomic mass is 16.2. The highest BCUT2D eigenvalue weighted by Crippen LogP contribution is 2.15. The second kappa shape index (κ2) is 4.11. The first-order valence-electron chi connectivity index (χ1n) is 5.80. The quantitative estimate of drug-likeness (QED) is 0.651. The maximum Gasteiger partial charge on any atom is 0.263 e. The van der Waals surface area contributed by atoms with E-state index in [0.29, 0.717) is 11.2 Å². The van der Waals surface area contributed by atoms with E-state index in [1.54, 1.807) is 10.8 Å². The third-order valence-electron chi connectivity index (χ3n) is 2.92. The average Bonchev–Trinajstić information content (AvgIpc) is 2.82. The fourth-order valence-electron chi connectivity index (χ4n) is 1.99. The number of benzene rings is 1. The minimum absolute atomic E-state index is 0.0521. The molecule has 0 aliphatic heterocycles. The summed E-state index contributed by atoms with van der Waals surface area (Å²) in [5.41, 5.74) is 2.28. The van der Waals surface area contributed by atoms with Crippen molar-refractivity contribution in [1.82, 2.24) is 9.55 Å². The number of hydrogen-bond donors (Lipinski definition) is 0. The van der Waals surface area contributed by atoms with Gasteiger partial charge in [0.15, 0.2) is 0 Å². The van der Waals surface area contributed by atoms with Crippen LogP contribution < -0.4 is 0 Å². The lowest BCUT2D eigenvalue weighted by Crippen LogP contribution is -2.11. The van der Waals surface area contributed by atoms with Crippen LogP contribution in [0.4, 0.5) is 0 Å². The Kier molecular flexibility index (Phi) is 2.45. The van der Waals surface area contributed by atoms with Crippen LogP contribution in [-0.4, -0.2) is 15.5 Å². The van der Waals surface area contributed by atoms with Crippen LogP contribution in [0.15, 0.2) is 54.7 Å². The Balaban J connectivity index is 2.15. The van der Waals surface area contributed by atoms with Crippen molar-refractivity contribution in [3.8, 4) is 0 Å². The fraction of sp³-hybridized carbons (Fsp3) is 0.0667. The molecule has 0 aliphatic rings. The molecule has 2 aromatic heterocycles. The molecule has 0 radical (unpaired) electrons. The van der Waals surface area contributed by atoms with E-state index in [0.717, 1.165) is 11.1 Å². The van der Waals surface area contributed by atoms with Crippen molar-refractivity contribution in [2.75, 3.05) is 0 Å². The standard InChI is InChI=1S/C15H12N2O/c1-11-7-8-12-9-10-17(14(12)16-11)15(18)13-5-3-2-4-6-13/h2-10H,1H3. The molecule has 0 atom stereocenters. The van der Waals surface area contributed by atoms with Crippen molar-refractivity contribution in [2.45, 2.75) is 6.92 Å². The van der Waals surface area contributed by atoms with Crippen LogP contribution in [0.2, 0.25) is 0 Å². The smallest absolute Gasteiger partial charge is 0.263 e. The Morgan fingerprint density at radius 1 is 1.06 bits per heavy atom. The van der Waals surface area contributed by atoms with E-state index >= 15 is 0 Å². The molecule has 0 aliphatic carbocycles. The Bertz CT molecular complexity index is 714. The van der Waals surface area contributed by atoms with Gasteiger partial charge in [-0.2, -0.15) is 0 Å². The first-order valence-corrected chi connectivity index (χ1v) is 5.80. The van der Waals surface area contributed by atoms with E-state index < -0.39 is 0 Å². The molecule has 0 amide bonds. The van der Waals surface area contributed by atoms with Gasteiger partial charge >= 0.3 is 0 Å². The summed E-state index contributed by atoms with van der Waals surface area (Å²) in [7, 11) is 0. The number of rotatable bonds is 1. The molecule has 88 valence electrons. The van der Waals surface area contributed by atoms with Gasteiger partial charge in [-0.1, -0.05) is 18.2 Å². The number of nitrogens with zero attached hydrogens (tertiary/aromatic N) is 2. The van der Waals surface area contributed by atoms with E-state index in [4.69, 9.17) is 0 Å². The third-order valence-corrected chi connectivity index (χ3v) is 2.92. The molecule has 3 nitrogen and oxygen atoms in total. The van der Waals surface area contributed by atoms with Crippen LogP contribution in [0.5, 0.6) is 0 Å². The van der Waals surface area contributed by atoms with E-state index in [2.05, 4.69) is 4.98 Å². The summed E-state index contributed by atoms with van der Waals surface area (Å²) in [5.74, 6) is -0.0521. The first kappa shape index (κ1) is 10.7. The zero-order chi connectivity index (χ0) is 12.5. The summed E-state index contributed by atoms with van der Waals surface area (Å²) in [6, 6.07) is 15.1. The summed E-state index contributed by atoms with van der Waals surface area (Å²) in [4.78, 5) is 16.8. The minimum atomic E-state index is -0.0521. The van der Waals surface area contributed by atoms with E-state index in [9.17, 15) is 4.79 Å². The first-order chi connectivity index (χ1) is 8.75. The number of aromatic nitrogens is 2. The predicted octanol–water partition coefficient (Wildman–Crippen LogP) is 3.03. The highest BCUT2D eigenvalue weighted by Gasteiger charge is 2.11. The van der Waals surface area contributed by atoms with Crippen LogP contribution >= 0.6 is 0 Å². The summed E-state index contributed by atoms with van der Waals surface area (Å²) >= 11 is 0. The molecule has 0 saturated heterocycles. The Labute approximate surface area is 105 Å². The Hall–Kier alpha value is -2.42. The van der Waals surface area contributed by atoms with E-state index in [1.807, 2.05) is 55.5 Å². The summed E-state index contributed by atoms with van der Waals surface area (Å²) in [5, 5.41) is 0.977. The van der Waals surface area contributed by atoms with Crippen molar-refractivity contribution in [3.63, 3.8) is 0 Å². The van der Waals surface area contributed by atoms with E-state index in [-0.39, 0.29) is 5.91 Å². The number of hydrogen-bond acceptors (Lipinski definition) is 2. The topological polar surface area (TPSA) is 34.9 Å². The Morgan fingerprint density at radius 3 is 2.61 bits per heavy atom. The SMILES string of the molecule is Cc1ccc2ccn(C(=O)c3ccccc3)c2n1. The van der Waals surface area contributed by atoms with Gasteiger partial charge in [0, 0.05) is 22.8 Å². The molecule has 2 heterocycles. The van der Waals surface area contributed by atoms with Crippen molar-refractivity contribution < 1.29 is 4.79 Å². The fourth-order valence-corrected chi connectivity index (χ4v) is 1.99. The summed E-state index contributed by atoms with van der Waals surface area (Å²) < 4.78 is 1.59. The van der Waals surface area contributed by atoms with Crippen molar-refractivity contribution >= 4 is 16.9 Å². The van der Waals surface area contributed by atoms with Gasteiger partial charge in [0.1, 0.15) is 5.65 Å². The minimum Gasteiger partial charge on any atom is -0.268 e. The maximum absolute atomic E-state index is 12.4. The maximum atomic E-state index is 12.4. The lowest BCUT2D eigenvalue weighted by atomic mass is 10.2. The van der Waals surface area contributed by atoms with Crippen LogP contribution in [0.3, 0.4) is 0 Å². The number of pyridine rings is 1. The van der Waals surface area contributed by atoms with Gasteiger partial charge in [0.2, 0.25) is 0 Å². The molecule has 1 aromatic carbocycles. The molecule has 3 heteroatoms. The predicted molar refractivity (Wildman–Crippen MR) is 70.6 cm³/mol. The molecular formula is C15H12N2O. The number of carbonyl (C=O) groups is 1. The molecule has 3 rings (SSSR count). The van der Waals surface area contributed by atoms with E-state index in [1.165, 1.54) is 0 Å². The largest absolute Gasteiger partial charge is 0.268 e. The number of aryl methyl sites for hydroxylation is 1. The second-order valence-corrected chi connectivity index (χ2v) is 4.22. The van der Waals surface area contributed by atoms with Gasteiger partial charge in [-0.3, -0.25) is 9.36 Å². The summed E-state index contributed by atoms with van der Waals surface area (Å²) in [6.45, 7) is 1.92. The normalized spacial score (nSPS) is 10.7. The Morgan fingerprint density at radius 2 is 1.83 bits per heavy atom. The molecule has 0 N–H and O–H groups in total. The van der Waals surface area contributed by atoms with Crippen LogP contribution in [-0.2, 0) is 0 Å². The molecule has 0 fully saturated rings. The number of carbonyl (C=O) groups excluding carboxylic acids is 1. The molecule has 0 spiro atoms. The average molecular weight is 236 g/mol.